The Morgan fingerprint density at radius 1 is 1.20 bits per heavy atom. The number of halogens is 5. The van der Waals surface area contributed by atoms with E-state index in [-0.39, 0.29) is 0 Å². The summed E-state index contributed by atoms with van der Waals surface area (Å²) < 4.78 is 59.9. The van der Waals surface area contributed by atoms with Crippen molar-refractivity contribution in [1.82, 2.24) is 0 Å². The van der Waals surface area contributed by atoms with E-state index in [9.17, 15) is 22.0 Å². The van der Waals surface area contributed by atoms with Gasteiger partial charge in [-0.25, -0.2) is 0 Å². The number of hydrogen-bond acceptors (Lipinski definition) is 1. The fraction of sp³-hybridized carbons (Fsp3) is 0.444. The van der Waals surface area contributed by atoms with E-state index in [1.165, 1.54) is 13.0 Å². The molecule has 1 nitrogen and oxygen atoms in total. The van der Waals surface area contributed by atoms with Crippen LogP contribution in [0.15, 0.2) is 24.3 Å². The molecule has 0 unspecified atom stereocenters. The second-order valence-corrected chi connectivity index (χ2v) is 3.08. The summed E-state index contributed by atoms with van der Waals surface area (Å²) >= 11 is 0. The quantitative estimate of drug-likeness (QED) is 0.430. The number of allylic oxidation sites excluding steroid dienone is 3. The van der Waals surface area contributed by atoms with Crippen molar-refractivity contribution in [2.24, 2.45) is 0 Å². The van der Waals surface area contributed by atoms with Gasteiger partial charge in [0.05, 0.1) is 6.42 Å². The predicted octanol–water partition coefficient (Wildman–Crippen LogP) is 3.73. The van der Waals surface area contributed by atoms with Crippen LogP contribution in [0.2, 0.25) is 0 Å². The SMILES string of the molecule is C=C(C)/C=C\C(=N)CC(F)(F)C(F)(F)F. The van der Waals surface area contributed by atoms with Gasteiger partial charge in [0, 0.05) is 5.71 Å². The minimum Gasteiger partial charge on any atom is -0.305 e. The summed E-state index contributed by atoms with van der Waals surface area (Å²) in [6.45, 7) is 4.91. The fourth-order valence-electron chi connectivity index (χ4n) is 0.641. The van der Waals surface area contributed by atoms with E-state index >= 15 is 0 Å². The highest BCUT2D eigenvalue weighted by molar-refractivity contribution is 5.93. The van der Waals surface area contributed by atoms with Gasteiger partial charge in [0.2, 0.25) is 0 Å². The first-order valence-corrected chi connectivity index (χ1v) is 3.92. The molecule has 0 aromatic heterocycles. The topological polar surface area (TPSA) is 23.9 Å². The van der Waals surface area contributed by atoms with Crippen LogP contribution in [0.5, 0.6) is 0 Å². The Balaban J connectivity index is 4.49. The van der Waals surface area contributed by atoms with E-state index in [4.69, 9.17) is 5.41 Å². The van der Waals surface area contributed by atoms with E-state index in [1.807, 2.05) is 0 Å². The summed E-state index contributed by atoms with van der Waals surface area (Å²) in [4.78, 5) is 0. The largest absolute Gasteiger partial charge is 0.453 e. The Morgan fingerprint density at radius 3 is 2.00 bits per heavy atom. The van der Waals surface area contributed by atoms with E-state index in [2.05, 4.69) is 6.58 Å². The smallest absolute Gasteiger partial charge is 0.305 e. The number of rotatable bonds is 4. The van der Waals surface area contributed by atoms with Gasteiger partial charge in [0.25, 0.3) is 0 Å². The van der Waals surface area contributed by atoms with Crippen molar-refractivity contribution < 1.29 is 22.0 Å². The molecular formula is C9H10F5N. The first-order chi connectivity index (χ1) is 6.56. The third-order valence-electron chi connectivity index (χ3n) is 1.40. The highest BCUT2D eigenvalue weighted by atomic mass is 19.4. The molecule has 0 aliphatic rings. The van der Waals surface area contributed by atoms with Crippen LogP contribution >= 0.6 is 0 Å². The lowest BCUT2D eigenvalue weighted by atomic mass is 10.1. The molecule has 0 saturated carbocycles. The van der Waals surface area contributed by atoms with Crippen LogP contribution < -0.4 is 0 Å². The Labute approximate surface area is 83.8 Å². The Bertz CT molecular complexity index is 287. The summed E-state index contributed by atoms with van der Waals surface area (Å²) in [6.07, 6.45) is -5.19. The van der Waals surface area contributed by atoms with Crippen LogP contribution in [-0.4, -0.2) is 17.8 Å². The second-order valence-electron chi connectivity index (χ2n) is 3.08. The predicted molar refractivity (Wildman–Crippen MR) is 47.3 cm³/mol. The minimum absolute atomic E-state index is 0.468. The Kier molecular flexibility index (Phi) is 4.18. The molecule has 6 heteroatoms. The van der Waals surface area contributed by atoms with Crippen molar-refractivity contribution in [3.05, 3.63) is 24.3 Å². The average Bonchev–Trinajstić information content (AvgIpc) is 1.97. The van der Waals surface area contributed by atoms with Gasteiger partial charge >= 0.3 is 12.1 Å². The molecule has 0 aliphatic carbocycles. The first-order valence-electron chi connectivity index (χ1n) is 3.92. The summed E-state index contributed by atoms with van der Waals surface area (Å²) in [5.41, 5.74) is -0.324. The fourth-order valence-corrected chi connectivity index (χ4v) is 0.641. The lowest BCUT2D eigenvalue weighted by Gasteiger charge is -2.18. The van der Waals surface area contributed by atoms with Gasteiger partial charge in [-0.2, -0.15) is 22.0 Å². The maximum atomic E-state index is 12.4. The zero-order chi connectivity index (χ0) is 12.3. The third kappa shape index (κ3) is 4.71. The van der Waals surface area contributed by atoms with Crippen LogP contribution in [-0.2, 0) is 0 Å². The van der Waals surface area contributed by atoms with Gasteiger partial charge in [0.15, 0.2) is 0 Å². The molecule has 0 atom stereocenters. The van der Waals surface area contributed by atoms with Gasteiger partial charge in [-0.05, 0) is 13.0 Å². The molecule has 0 aromatic rings. The van der Waals surface area contributed by atoms with Crippen LogP contribution in [0.3, 0.4) is 0 Å². The lowest BCUT2D eigenvalue weighted by Crippen LogP contribution is -2.37. The highest BCUT2D eigenvalue weighted by Crippen LogP contribution is 2.38. The van der Waals surface area contributed by atoms with Gasteiger partial charge in [-0.15, -0.1) is 0 Å². The van der Waals surface area contributed by atoms with Crippen LogP contribution in [0.4, 0.5) is 22.0 Å². The standard InChI is InChI=1S/C9H10F5N/c1-6(2)3-4-7(15)5-8(10,11)9(12,13)14/h3-4,15H,1,5H2,2H3/b4-3-,15-7?. The average molecular weight is 227 g/mol. The summed E-state index contributed by atoms with van der Waals surface area (Å²) in [6, 6.07) is 0. The molecule has 15 heavy (non-hydrogen) atoms. The zero-order valence-electron chi connectivity index (χ0n) is 7.96. The lowest BCUT2D eigenvalue weighted by molar-refractivity contribution is -0.278. The van der Waals surface area contributed by atoms with Crippen molar-refractivity contribution >= 4 is 5.71 Å². The van der Waals surface area contributed by atoms with Gasteiger partial charge in [-0.3, -0.25) is 0 Å². The molecule has 0 saturated heterocycles. The Morgan fingerprint density at radius 2 is 1.67 bits per heavy atom. The number of alkyl halides is 5. The van der Waals surface area contributed by atoms with E-state index in [1.54, 1.807) is 0 Å². The van der Waals surface area contributed by atoms with Crippen molar-refractivity contribution in [1.29, 1.82) is 5.41 Å². The minimum atomic E-state index is -5.61. The molecular weight excluding hydrogens is 217 g/mol. The van der Waals surface area contributed by atoms with Gasteiger partial charge in [-0.1, -0.05) is 18.2 Å². The summed E-state index contributed by atoms with van der Waals surface area (Å²) in [5.74, 6) is -4.86. The molecule has 0 aliphatic heterocycles. The monoisotopic (exact) mass is 227 g/mol. The molecule has 0 bridgehead atoms. The van der Waals surface area contributed by atoms with Crippen LogP contribution in [0.25, 0.3) is 0 Å². The van der Waals surface area contributed by atoms with Crippen molar-refractivity contribution in [3.63, 3.8) is 0 Å². The molecule has 0 aromatic carbocycles. The normalized spacial score (nSPS) is 13.2. The van der Waals surface area contributed by atoms with E-state index < -0.39 is 24.2 Å². The molecule has 0 spiro atoms. The van der Waals surface area contributed by atoms with E-state index in [0.717, 1.165) is 6.08 Å². The molecule has 1 N–H and O–H groups in total. The maximum Gasteiger partial charge on any atom is 0.453 e. The first kappa shape index (κ1) is 13.8. The second kappa shape index (κ2) is 4.55. The van der Waals surface area contributed by atoms with Crippen molar-refractivity contribution in [2.75, 3.05) is 0 Å². The number of nitrogens with one attached hydrogen (secondary N) is 1. The molecule has 0 radical (unpaired) electrons. The van der Waals surface area contributed by atoms with Crippen LogP contribution in [0, 0.1) is 5.41 Å². The molecule has 0 heterocycles. The molecule has 0 rings (SSSR count). The molecule has 0 fully saturated rings. The number of hydrogen-bond donors (Lipinski definition) is 1. The van der Waals surface area contributed by atoms with Crippen molar-refractivity contribution in [3.8, 4) is 0 Å². The van der Waals surface area contributed by atoms with Crippen molar-refractivity contribution in [2.45, 2.75) is 25.4 Å². The molecule has 0 amide bonds. The third-order valence-corrected chi connectivity index (χ3v) is 1.40. The van der Waals surface area contributed by atoms with Gasteiger partial charge < -0.3 is 5.41 Å². The summed E-state index contributed by atoms with van der Waals surface area (Å²) in [5, 5.41) is 6.91. The van der Waals surface area contributed by atoms with Crippen LogP contribution in [0.1, 0.15) is 13.3 Å². The van der Waals surface area contributed by atoms with E-state index in [0.29, 0.717) is 5.57 Å². The molecule has 86 valence electrons. The Hall–Kier alpha value is -1.20. The maximum absolute atomic E-state index is 12.4. The zero-order valence-corrected chi connectivity index (χ0v) is 7.96. The summed E-state index contributed by atoms with van der Waals surface area (Å²) in [7, 11) is 0. The van der Waals surface area contributed by atoms with Gasteiger partial charge in [0.1, 0.15) is 0 Å². The highest BCUT2D eigenvalue weighted by Gasteiger charge is 2.57.